The first-order chi connectivity index (χ1) is 10.9. The number of hydrogen-bond donors (Lipinski definition) is 1. The summed E-state index contributed by atoms with van der Waals surface area (Å²) in [5.74, 6) is 4.30. The number of Topliss-reactive ketones (excluding diaryl/α,β-unsaturated/α-hetero) is 1. The van der Waals surface area contributed by atoms with Crippen LogP contribution in [0.2, 0.25) is 0 Å². The summed E-state index contributed by atoms with van der Waals surface area (Å²) in [6.45, 7) is 2.13. The first-order valence-electron chi connectivity index (χ1n) is 8.87. The number of aliphatic hydroxyl groups is 1. The van der Waals surface area contributed by atoms with E-state index < -0.39 is 5.60 Å². The van der Waals surface area contributed by atoms with Crippen LogP contribution in [0.4, 0.5) is 0 Å². The van der Waals surface area contributed by atoms with E-state index in [9.17, 15) is 14.7 Å². The Kier molecular flexibility index (Phi) is 3.16. The van der Waals surface area contributed by atoms with E-state index in [1.54, 1.807) is 6.08 Å². The maximum Gasteiger partial charge on any atom is 0.159 e. The van der Waals surface area contributed by atoms with Gasteiger partial charge in [0.2, 0.25) is 0 Å². The van der Waals surface area contributed by atoms with Gasteiger partial charge in [0.05, 0.1) is 0 Å². The van der Waals surface area contributed by atoms with E-state index in [4.69, 9.17) is 6.42 Å². The van der Waals surface area contributed by atoms with Gasteiger partial charge in [-0.3, -0.25) is 9.59 Å². The fourth-order valence-corrected chi connectivity index (χ4v) is 6.23. The molecule has 122 valence electrons. The molecule has 0 aromatic carbocycles. The highest BCUT2D eigenvalue weighted by molar-refractivity contribution is 6.05. The van der Waals surface area contributed by atoms with Crippen molar-refractivity contribution in [3.63, 3.8) is 0 Å². The van der Waals surface area contributed by atoms with E-state index in [0.29, 0.717) is 37.0 Å². The van der Waals surface area contributed by atoms with E-state index in [1.807, 2.05) is 0 Å². The molecule has 0 heterocycles. The van der Waals surface area contributed by atoms with Gasteiger partial charge in [0.1, 0.15) is 5.60 Å². The highest BCUT2D eigenvalue weighted by Gasteiger charge is 2.62. The summed E-state index contributed by atoms with van der Waals surface area (Å²) >= 11 is 0. The number of fused-ring (bicyclic) bond motifs is 5. The molecule has 0 amide bonds. The lowest BCUT2D eigenvalue weighted by Crippen LogP contribution is -2.53. The van der Waals surface area contributed by atoms with Crippen molar-refractivity contribution in [3.05, 3.63) is 11.6 Å². The second kappa shape index (κ2) is 4.80. The molecule has 0 spiro atoms. The number of terminal acetylenes is 1. The third kappa shape index (κ3) is 1.88. The highest BCUT2D eigenvalue weighted by atomic mass is 16.3. The van der Waals surface area contributed by atoms with Crippen LogP contribution >= 0.6 is 0 Å². The smallest absolute Gasteiger partial charge is 0.159 e. The lowest BCUT2D eigenvalue weighted by Gasteiger charge is -2.54. The molecule has 0 radical (unpaired) electrons. The average molecular weight is 312 g/mol. The van der Waals surface area contributed by atoms with Crippen LogP contribution in [0.25, 0.3) is 0 Å². The fourth-order valence-electron chi connectivity index (χ4n) is 6.23. The topological polar surface area (TPSA) is 54.4 Å². The molecule has 4 aliphatic rings. The SMILES string of the molecule is C#C[C@]1(O)CC[C@H]2[C@@H]3CC(=O)C4=CC(=O)CC[C@@H]4[C@H]3CC[C@@]21C. The monoisotopic (exact) mass is 312 g/mol. The molecular weight excluding hydrogens is 288 g/mol. The third-order valence-corrected chi connectivity index (χ3v) is 7.56. The predicted octanol–water partition coefficient (Wildman–Crippen LogP) is 2.67. The molecule has 0 aromatic heterocycles. The third-order valence-electron chi connectivity index (χ3n) is 7.56. The van der Waals surface area contributed by atoms with Crippen molar-refractivity contribution < 1.29 is 14.7 Å². The zero-order chi connectivity index (χ0) is 16.4. The predicted molar refractivity (Wildman–Crippen MR) is 86.3 cm³/mol. The van der Waals surface area contributed by atoms with Gasteiger partial charge in [-0.05, 0) is 61.9 Å². The van der Waals surface area contributed by atoms with Crippen molar-refractivity contribution >= 4 is 11.6 Å². The molecule has 23 heavy (non-hydrogen) atoms. The van der Waals surface area contributed by atoms with Crippen LogP contribution in [-0.4, -0.2) is 22.3 Å². The summed E-state index contributed by atoms with van der Waals surface area (Å²) in [5, 5.41) is 10.9. The number of allylic oxidation sites excluding steroid dienone is 1. The minimum atomic E-state index is -1.02. The normalized spacial score (nSPS) is 48.8. The van der Waals surface area contributed by atoms with Crippen LogP contribution in [0.5, 0.6) is 0 Å². The summed E-state index contributed by atoms with van der Waals surface area (Å²) in [7, 11) is 0. The van der Waals surface area contributed by atoms with Gasteiger partial charge >= 0.3 is 0 Å². The van der Waals surface area contributed by atoms with Crippen LogP contribution in [0.1, 0.15) is 51.9 Å². The van der Waals surface area contributed by atoms with Gasteiger partial charge in [0.25, 0.3) is 0 Å². The van der Waals surface area contributed by atoms with Gasteiger partial charge in [-0.15, -0.1) is 6.42 Å². The quantitative estimate of drug-likeness (QED) is 0.700. The molecule has 4 aliphatic carbocycles. The second-order valence-corrected chi connectivity index (χ2v) is 8.27. The summed E-state index contributed by atoms with van der Waals surface area (Å²) in [6, 6.07) is 0. The van der Waals surface area contributed by atoms with Crippen LogP contribution in [0.15, 0.2) is 11.6 Å². The van der Waals surface area contributed by atoms with Gasteiger partial charge in [-0.2, -0.15) is 0 Å². The first kappa shape index (κ1) is 15.1. The Labute approximate surface area is 137 Å². The van der Waals surface area contributed by atoms with E-state index in [-0.39, 0.29) is 22.9 Å². The minimum absolute atomic E-state index is 0.103. The molecule has 0 unspecified atom stereocenters. The van der Waals surface area contributed by atoms with Gasteiger partial charge in [-0.1, -0.05) is 12.8 Å². The number of ketones is 2. The first-order valence-corrected chi connectivity index (χ1v) is 8.87. The Morgan fingerprint density at radius 2 is 2.00 bits per heavy atom. The maximum absolute atomic E-state index is 12.6. The molecule has 0 aliphatic heterocycles. The highest BCUT2D eigenvalue weighted by Crippen LogP contribution is 2.64. The summed E-state index contributed by atoms with van der Waals surface area (Å²) in [6.07, 6.45) is 12.7. The molecule has 0 bridgehead atoms. The van der Waals surface area contributed by atoms with E-state index in [2.05, 4.69) is 12.8 Å². The molecule has 4 rings (SSSR count). The van der Waals surface area contributed by atoms with Crippen molar-refractivity contribution in [2.75, 3.05) is 0 Å². The van der Waals surface area contributed by atoms with E-state index in [0.717, 1.165) is 31.3 Å². The van der Waals surface area contributed by atoms with Crippen LogP contribution in [0, 0.1) is 41.4 Å². The zero-order valence-electron chi connectivity index (χ0n) is 13.7. The van der Waals surface area contributed by atoms with Crippen molar-refractivity contribution in [3.8, 4) is 12.3 Å². The van der Waals surface area contributed by atoms with Crippen LogP contribution in [0.3, 0.4) is 0 Å². The van der Waals surface area contributed by atoms with Crippen molar-refractivity contribution in [1.82, 2.24) is 0 Å². The molecule has 0 aromatic rings. The Morgan fingerprint density at radius 1 is 1.22 bits per heavy atom. The van der Waals surface area contributed by atoms with E-state index >= 15 is 0 Å². The molecule has 3 nitrogen and oxygen atoms in total. The van der Waals surface area contributed by atoms with Crippen molar-refractivity contribution in [2.24, 2.45) is 29.1 Å². The molecule has 3 heteroatoms. The van der Waals surface area contributed by atoms with Crippen LogP contribution in [-0.2, 0) is 9.59 Å². The van der Waals surface area contributed by atoms with Crippen molar-refractivity contribution in [1.29, 1.82) is 0 Å². The standard InChI is InChI=1S/C20H24O3/c1-3-20(23)9-7-17-15-11-18(22)16-10-12(21)4-5-13(16)14(15)6-8-19(17,20)2/h1,10,13-15,17,23H,4-9,11H2,2H3/t13-,14-,15-,17+,19+,20+/m1/s1. The van der Waals surface area contributed by atoms with Gasteiger partial charge < -0.3 is 5.11 Å². The average Bonchev–Trinajstić information content (AvgIpc) is 2.80. The van der Waals surface area contributed by atoms with Gasteiger partial charge in [0.15, 0.2) is 11.6 Å². The largest absolute Gasteiger partial charge is 0.377 e. The molecular formula is C20H24O3. The number of carbonyl (C=O) groups excluding carboxylic acids is 2. The molecule has 0 saturated heterocycles. The maximum atomic E-state index is 12.6. The number of hydrogen-bond acceptors (Lipinski definition) is 3. The summed E-state index contributed by atoms with van der Waals surface area (Å²) < 4.78 is 0. The Hall–Kier alpha value is -1.40. The Balaban J connectivity index is 1.70. The second-order valence-electron chi connectivity index (χ2n) is 8.27. The van der Waals surface area contributed by atoms with Crippen molar-refractivity contribution in [2.45, 2.75) is 57.5 Å². The summed E-state index contributed by atoms with van der Waals surface area (Å²) in [4.78, 5) is 24.3. The number of carbonyl (C=O) groups is 2. The fraction of sp³-hybridized carbons (Fsp3) is 0.700. The van der Waals surface area contributed by atoms with Gasteiger partial charge in [-0.25, -0.2) is 0 Å². The lowest BCUT2D eigenvalue weighted by molar-refractivity contribution is -0.130. The van der Waals surface area contributed by atoms with Gasteiger partial charge in [0, 0.05) is 23.8 Å². The Morgan fingerprint density at radius 3 is 2.74 bits per heavy atom. The van der Waals surface area contributed by atoms with Crippen LogP contribution < -0.4 is 0 Å². The summed E-state index contributed by atoms with van der Waals surface area (Å²) in [5.41, 5.74) is -0.504. The molecule has 3 fully saturated rings. The van der Waals surface area contributed by atoms with E-state index in [1.165, 1.54) is 0 Å². The Bertz CT molecular complexity index is 654. The number of rotatable bonds is 0. The molecule has 1 N–H and O–H groups in total. The lowest BCUT2D eigenvalue weighted by atomic mass is 9.50. The molecule has 6 atom stereocenters. The zero-order valence-corrected chi connectivity index (χ0v) is 13.7. The molecule has 3 saturated carbocycles. The minimum Gasteiger partial charge on any atom is -0.377 e.